The summed E-state index contributed by atoms with van der Waals surface area (Å²) in [4.78, 5) is 6.93. The molecule has 8 heteroatoms. The van der Waals surface area contributed by atoms with Crippen LogP contribution >= 0.6 is 35.6 Å². The second-order valence-electron chi connectivity index (χ2n) is 6.30. The Kier molecular flexibility index (Phi) is 9.30. The van der Waals surface area contributed by atoms with Gasteiger partial charge in [-0.2, -0.15) is 0 Å². The number of nitrogens with one attached hydrogen (secondary N) is 1. The van der Waals surface area contributed by atoms with Crippen molar-refractivity contribution in [1.29, 1.82) is 0 Å². The van der Waals surface area contributed by atoms with Crippen LogP contribution in [0.3, 0.4) is 0 Å². The zero-order valence-electron chi connectivity index (χ0n) is 15.8. The molecule has 1 saturated heterocycles. The van der Waals surface area contributed by atoms with Gasteiger partial charge in [0, 0.05) is 29.9 Å². The lowest BCUT2D eigenvalue weighted by Gasteiger charge is -2.34. The van der Waals surface area contributed by atoms with E-state index in [1.807, 2.05) is 42.5 Å². The smallest absolute Gasteiger partial charge is 0.193 e. The average Bonchev–Trinajstić information content (AvgIpc) is 2.69. The average molecular weight is 517 g/mol. The number of nitrogens with zero attached hydrogens (tertiary/aromatic N) is 2. The molecule has 0 saturated carbocycles. The first-order valence-corrected chi connectivity index (χ1v) is 9.32. The van der Waals surface area contributed by atoms with Gasteiger partial charge in [-0.3, -0.25) is 9.89 Å². The molecule has 2 aromatic carbocycles. The molecule has 1 aliphatic heterocycles. The lowest BCUT2D eigenvalue weighted by molar-refractivity contribution is 0.0180. The van der Waals surface area contributed by atoms with Crippen LogP contribution in [0.15, 0.2) is 53.5 Å². The van der Waals surface area contributed by atoms with Crippen LogP contribution < -0.4 is 15.8 Å². The molecule has 6 nitrogen and oxygen atoms in total. The summed E-state index contributed by atoms with van der Waals surface area (Å²) < 4.78 is 10.7. The minimum absolute atomic E-state index is 0. The van der Waals surface area contributed by atoms with Crippen molar-refractivity contribution in [2.45, 2.75) is 6.04 Å². The molecule has 152 valence electrons. The quantitative estimate of drug-likeness (QED) is 0.347. The van der Waals surface area contributed by atoms with Gasteiger partial charge in [-0.15, -0.1) is 24.0 Å². The predicted octanol–water partition coefficient (Wildman–Crippen LogP) is 3.77. The fourth-order valence-corrected chi connectivity index (χ4v) is 3.31. The predicted molar refractivity (Wildman–Crippen MR) is 125 cm³/mol. The number of ether oxygens (including phenoxy) is 2. The Labute approximate surface area is 188 Å². The summed E-state index contributed by atoms with van der Waals surface area (Å²) in [5, 5.41) is 3.84. The Balaban J connectivity index is 0.00000280. The molecule has 1 heterocycles. The van der Waals surface area contributed by atoms with E-state index in [1.54, 1.807) is 7.11 Å². The van der Waals surface area contributed by atoms with Crippen LogP contribution in [0.25, 0.3) is 0 Å². The summed E-state index contributed by atoms with van der Waals surface area (Å²) in [6, 6.07) is 15.6. The van der Waals surface area contributed by atoms with Crippen LogP contribution in [0.1, 0.15) is 11.6 Å². The standard InChI is InChI=1S/C20H25ClN4O2.HI/c1-26-18-7-3-6-17(13-18)24-20(22)23-14-19(25-8-10-27-11-9-25)15-4-2-5-16(21)12-15;/h2-7,12-13,19H,8-11,14H2,1H3,(H3,22,23,24);1H. The van der Waals surface area contributed by atoms with E-state index in [4.69, 9.17) is 26.8 Å². The van der Waals surface area contributed by atoms with Crippen molar-refractivity contribution in [2.75, 3.05) is 45.3 Å². The van der Waals surface area contributed by atoms with Gasteiger partial charge in [0.2, 0.25) is 0 Å². The molecule has 0 aromatic heterocycles. The number of anilines is 1. The highest BCUT2D eigenvalue weighted by Gasteiger charge is 2.22. The summed E-state index contributed by atoms with van der Waals surface area (Å²) in [6.07, 6.45) is 0. The Morgan fingerprint density at radius 1 is 1.25 bits per heavy atom. The molecule has 0 amide bonds. The minimum Gasteiger partial charge on any atom is -0.497 e. The van der Waals surface area contributed by atoms with Crippen molar-refractivity contribution < 1.29 is 9.47 Å². The molecular formula is C20H26ClIN4O2. The lowest BCUT2D eigenvalue weighted by atomic mass is 10.0. The van der Waals surface area contributed by atoms with Crippen molar-refractivity contribution >= 4 is 47.2 Å². The fourth-order valence-electron chi connectivity index (χ4n) is 3.11. The van der Waals surface area contributed by atoms with Gasteiger partial charge in [-0.05, 0) is 29.8 Å². The van der Waals surface area contributed by atoms with E-state index in [0.29, 0.717) is 12.5 Å². The van der Waals surface area contributed by atoms with Crippen molar-refractivity contribution in [3.05, 3.63) is 59.1 Å². The van der Waals surface area contributed by atoms with Crippen molar-refractivity contribution in [3.8, 4) is 5.75 Å². The second kappa shape index (κ2) is 11.5. The number of nitrogens with two attached hydrogens (primary N) is 1. The van der Waals surface area contributed by atoms with Crippen LogP contribution in [0, 0.1) is 0 Å². The molecule has 1 fully saturated rings. The number of rotatable bonds is 6. The summed E-state index contributed by atoms with van der Waals surface area (Å²) >= 11 is 6.20. The first-order chi connectivity index (χ1) is 13.2. The normalized spacial score (nSPS) is 16.1. The molecule has 2 aromatic rings. The number of methoxy groups -OCH3 is 1. The number of aliphatic imine (C=N–C) groups is 1. The maximum Gasteiger partial charge on any atom is 0.193 e. The largest absolute Gasteiger partial charge is 0.497 e. The third-order valence-electron chi connectivity index (χ3n) is 4.50. The van der Waals surface area contributed by atoms with Crippen molar-refractivity contribution in [1.82, 2.24) is 4.90 Å². The molecule has 0 bridgehead atoms. The maximum absolute atomic E-state index is 6.20. The van der Waals surface area contributed by atoms with Crippen LogP contribution in [0.5, 0.6) is 5.75 Å². The van der Waals surface area contributed by atoms with E-state index < -0.39 is 0 Å². The number of guanidine groups is 1. The SMILES string of the molecule is COc1cccc(NC(N)=NCC(c2cccc(Cl)c2)N2CCOCC2)c1.I. The number of hydrogen-bond donors (Lipinski definition) is 2. The molecule has 1 atom stereocenters. The number of benzene rings is 2. The molecule has 28 heavy (non-hydrogen) atoms. The van der Waals surface area contributed by atoms with Crippen molar-refractivity contribution in [3.63, 3.8) is 0 Å². The molecular weight excluding hydrogens is 491 g/mol. The van der Waals surface area contributed by atoms with E-state index in [9.17, 15) is 0 Å². The Morgan fingerprint density at radius 2 is 2.00 bits per heavy atom. The molecule has 3 N–H and O–H groups in total. The highest BCUT2D eigenvalue weighted by atomic mass is 127. The van der Waals surface area contributed by atoms with Crippen molar-refractivity contribution in [2.24, 2.45) is 10.7 Å². The molecule has 0 aliphatic carbocycles. The number of hydrogen-bond acceptors (Lipinski definition) is 4. The summed E-state index contributed by atoms with van der Waals surface area (Å²) in [5.41, 5.74) is 8.07. The molecule has 1 aliphatic rings. The maximum atomic E-state index is 6.20. The third-order valence-corrected chi connectivity index (χ3v) is 4.73. The van der Waals surface area contributed by atoms with E-state index >= 15 is 0 Å². The van der Waals surface area contributed by atoms with E-state index in [1.165, 1.54) is 0 Å². The summed E-state index contributed by atoms with van der Waals surface area (Å²) in [5.74, 6) is 1.13. The van der Waals surface area contributed by atoms with Crippen LogP contribution in [0.2, 0.25) is 5.02 Å². The van der Waals surface area contributed by atoms with E-state index in [2.05, 4.69) is 21.3 Å². The van der Waals surface area contributed by atoms with Gasteiger partial charge in [0.1, 0.15) is 5.75 Å². The summed E-state index contributed by atoms with van der Waals surface area (Å²) in [7, 11) is 1.63. The van der Waals surface area contributed by atoms with Gasteiger partial charge in [0.25, 0.3) is 0 Å². The van der Waals surface area contributed by atoms with Crippen LogP contribution in [-0.4, -0.2) is 50.8 Å². The van der Waals surface area contributed by atoms with Gasteiger partial charge in [0.05, 0.1) is 32.9 Å². The van der Waals surface area contributed by atoms with E-state index in [0.717, 1.165) is 48.3 Å². The van der Waals surface area contributed by atoms with Gasteiger partial charge in [-0.25, -0.2) is 0 Å². The minimum atomic E-state index is 0. The lowest BCUT2D eigenvalue weighted by Crippen LogP contribution is -2.40. The topological polar surface area (TPSA) is 72.1 Å². The van der Waals surface area contributed by atoms with E-state index in [-0.39, 0.29) is 30.0 Å². The van der Waals surface area contributed by atoms with Gasteiger partial charge >= 0.3 is 0 Å². The monoisotopic (exact) mass is 516 g/mol. The third kappa shape index (κ3) is 6.51. The first kappa shape index (κ1) is 22.7. The number of halogens is 2. The summed E-state index contributed by atoms with van der Waals surface area (Å²) in [6.45, 7) is 3.69. The van der Waals surface area contributed by atoms with Gasteiger partial charge in [0.15, 0.2) is 5.96 Å². The Hall–Kier alpha value is -1.55. The number of morpholine rings is 1. The van der Waals surface area contributed by atoms with Crippen LogP contribution in [0.4, 0.5) is 5.69 Å². The van der Waals surface area contributed by atoms with Gasteiger partial charge in [-0.1, -0.05) is 29.8 Å². The Morgan fingerprint density at radius 3 is 2.71 bits per heavy atom. The highest BCUT2D eigenvalue weighted by Crippen LogP contribution is 2.25. The zero-order chi connectivity index (χ0) is 19.1. The molecule has 0 radical (unpaired) electrons. The van der Waals surface area contributed by atoms with Gasteiger partial charge < -0.3 is 20.5 Å². The molecule has 1 unspecified atom stereocenters. The Bertz CT molecular complexity index is 784. The highest BCUT2D eigenvalue weighted by molar-refractivity contribution is 14.0. The fraction of sp³-hybridized carbons (Fsp3) is 0.350. The second-order valence-corrected chi connectivity index (χ2v) is 6.74. The molecule has 0 spiro atoms. The molecule has 3 rings (SSSR count). The van der Waals surface area contributed by atoms with Crippen LogP contribution in [-0.2, 0) is 4.74 Å². The first-order valence-electron chi connectivity index (χ1n) is 8.94. The zero-order valence-corrected chi connectivity index (χ0v) is 18.9.